The molecule has 4 aliphatic rings. The molecule has 6 rings (SSSR count). The van der Waals surface area contributed by atoms with Crippen LogP contribution in [0.2, 0.25) is 0 Å². The van der Waals surface area contributed by atoms with Crippen molar-refractivity contribution in [1.82, 2.24) is 24.2 Å². The van der Waals surface area contributed by atoms with Crippen LogP contribution in [0.25, 0.3) is 11.3 Å². The largest absolute Gasteiger partial charge is 0.377 e. The molecule has 1 saturated carbocycles. The van der Waals surface area contributed by atoms with Crippen molar-refractivity contribution in [2.45, 2.75) is 49.9 Å². The van der Waals surface area contributed by atoms with Crippen LogP contribution >= 0.6 is 0 Å². The van der Waals surface area contributed by atoms with Crippen molar-refractivity contribution in [3.63, 3.8) is 0 Å². The summed E-state index contributed by atoms with van der Waals surface area (Å²) in [5, 5.41) is -0.184. The molecular weight excluding hydrogens is 456 g/mol. The molecule has 11 nitrogen and oxygen atoms in total. The van der Waals surface area contributed by atoms with Crippen LogP contribution in [0.15, 0.2) is 12.4 Å². The molecule has 0 radical (unpaired) electrons. The maximum Gasteiger partial charge on any atom is 0.228 e. The molecular formula is C22H30N8O3S. The number of morpholine rings is 1. The number of aromatic nitrogens is 4. The quantitative estimate of drug-likeness (QED) is 0.643. The number of nitrogens with zero attached hydrogens (tertiary/aromatic N) is 7. The van der Waals surface area contributed by atoms with Crippen LogP contribution in [0.5, 0.6) is 0 Å². The van der Waals surface area contributed by atoms with Crippen molar-refractivity contribution in [3.05, 3.63) is 18.0 Å². The van der Waals surface area contributed by atoms with Crippen LogP contribution in [0.4, 0.5) is 17.7 Å². The van der Waals surface area contributed by atoms with Gasteiger partial charge < -0.3 is 20.3 Å². The van der Waals surface area contributed by atoms with E-state index >= 15 is 0 Å². The van der Waals surface area contributed by atoms with Crippen LogP contribution in [-0.4, -0.2) is 88.9 Å². The van der Waals surface area contributed by atoms with Crippen molar-refractivity contribution in [3.8, 4) is 11.3 Å². The van der Waals surface area contributed by atoms with E-state index in [1.807, 2.05) is 0 Å². The third kappa shape index (κ3) is 3.50. The molecule has 5 heterocycles. The third-order valence-electron chi connectivity index (χ3n) is 7.38. The van der Waals surface area contributed by atoms with Gasteiger partial charge in [0.05, 0.1) is 35.7 Å². The second-order valence-electron chi connectivity index (χ2n) is 10.0. The predicted molar refractivity (Wildman–Crippen MR) is 128 cm³/mol. The normalized spacial score (nSPS) is 24.7. The van der Waals surface area contributed by atoms with Crippen molar-refractivity contribution in [1.29, 1.82) is 0 Å². The van der Waals surface area contributed by atoms with Crippen molar-refractivity contribution >= 4 is 27.7 Å². The molecule has 2 aromatic heterocycles. The Bertz CT molecular complexity index is 1210. The second kappa shape index (κ2) is 7.72. The number of fused-ring (bicyclic) bond motifs is 1. The molecule has 0 spiro atoms. The molecule has 2 aromatic rings. The van der Waals surface area contributed by atoms with E-state index in [2.05, 4.69) is 33.6 Å². The summed E-state index contributed by atoms with van der Waals surface area (Å²) in [5.41, 5.74) is 8.08. The molecule has 3 fully saturated rings. The third-order valence-corrected chi connectivity index (χ3v) is 9.67. The van der Waals surface area contributed by atoms with Crippen LogP contribution in [0, 0.1) is 0 Å². The first-order valence-electron chi connectivity index (χ1n) is 11.9. The van der Waals surface area contributed by atoms with Crippen molar-refractivity contribution < 1.29 is 13.2 Å². The van der Waals surface area contributed by atoms with E-state index in [-0.39, 0.29) is 22.8 Å². The van der Waals surface area contributed by atoms with Gasteiger partial charge in [-0.3, -0.25) is 0 Å². The summed E-state index contributed by atoms with van der Waals surface area (Å²) in [4.78, 5) is 22.8. The number of rotatable bonds is 5. The Morgan fingerprint density at radius 1 is 1.15 bits per heavy atom. The fourth-order valence-corrected chi connectivity index (χ4v) is 7.33. The predicted octanol–water partition coefficient (Wildman–Crippen LogP) is 0.670. The van der Waals surface area contributed by atoms with Crippen molar-refractivity contribution in [2.24, 2.45) is 0 Å². The molecule has 1 aliphatic carbocycles. The molecule has 34 heavy (non-hydrogen) atoms. The number of hydrogen-bond acceptors (Lipinski definition) is 10. The van der Waals surface area contributed by atoms with Gasteiger partial charge >= 0.3 is 0 Å². The van der Waals surface area contributed by atoms with Crippen molar-refractivity contribution in [2.75, 3.05) is 54.9 Å². The van der Waals surface area contributed by atoms with E-state index in [0.29, 0.717) is 38.8 Å². The minimum Gasteiger partial charge on any atom is -0.377 e. The van der Waals surface area contributed by atoms with Gasteiger partial charge in [0.25, 0.3) is 0 Å². The lowest BCUT2D eigenvalue weighted by molar-refractivity contribution is 0.0981. The number of anilines is 3. The smallest absolute Gasteiger partial charge is 0.228 e. The van der Waals surface area contributed by atoms with Gasteiger partial charge in [-0.1, -0.05) is 0 Å². The highest BCUT2D eigenvalue weighted by atomic mass is 32.2. The Morgan fingerprint density at radius 2 is 1.88 bits per heavy atom. The number of nitrogens with two attached hydrogens (primary N) is 1. The zero-order chi connectivity index (χ0) is 23.7. The monoisotopic (exact) mass is 486 g/mol. The Morgan fingerprint density at radius 3 is 2.56 bits per heavy atom. The summed E-state index contributed by atoms with van der Waals surface area (Å²) >= 11 is 0. The molecule has 2 saturated heterocycles. The lowest BCUT2D eigenvalue weighted by Crippen LogP contribution is -2.70. The maximum absolute atomic E-state index is 12.7. The molecule has 1 atom stereocenters. The fourth-order valence-electron chi connectivity index (χ4n) is 5.26. The number of sulfonamides is 1. The Labute approximate surface area is 199 Å². The average molecular weight is 487 g/mol. The lowest BCUT2D eigenvalue weighted by Gasteiger charge is -2.52. The van der Waals surface area contributed by atoms with E-state index < -0.39 is 10.0 Å². The van der Waals surface area contributed by atoms with Crippen LogP contribution in [-0.2, 0) is 21.2 Å². The zero-order valence-corrected chi connectivity index (χ0v) is 20.3. The molecule has 0 unspecified atom stereocenters. The standard InChI is InChI=1S/C22H30N8O3S/c1-14-11-33-8-7-29(14)21-26-18(15-9-24-20(23)25-10-15)17-5-6-30(19(17)27-21)22(2)12-28(13-22)34(31,32)16-3-4-16/h9-10,14,16H,3-8,11-13H2,1-2H3,(H2,23,24,25)/t14-/m0/s1. The van der Waals surface area contributed by atoms with Gasteiger partial charge in [0, 0.05) is 49.7 Å². The first-order chi connectivity index (χ1) is 16.3. The number of hydrogen-bond donors (Lipinski definition) is 1. The Hall–Kier alpha value is -2.57. The zero-order valence-electron chi connectivity index (χ0n) is 19.5. The average Bonchev–Trinajstić information content (AvgIpc) is 3.58. The van der Waals surface area contributed by atoms with Gasteiger partial charge in [-0.15, -0.1) is 0 Å². The molecule has 3 aliphatic heterocycles. The minimum absolute atomic E-state index is 0.149. The van der Waals surface area contributed by atoms with E-state index in [4.69, 9.17) is 20.4 Å². The van der Waals surface area contributed by atoms with Gasteiger partial charge in [0.15, 0.2) is 0 Å². The molecule has 0 aromatic carbocycles. The van der Waals surface area contributed by atoms with Crippen LogP contribution in [0.1, 0.15) is 32.3 Å². The Balaban J connectivity index is 1.38. The lowest BCUT2D eigenvalue weighted by atomic mass is 9.93. The molecule has 12 heteroatoms. The molecule has 0 amide bonds. The van der Waals surface area contributed by atoms with Crippen LogP contribution < -0.4 is 15.5 Å². The fraction of sp³-hybridized carbons (Fsp3) is 0.636. The summed E-state index contributed by atoms with van der Waals surface area (Å²) in [7, 11) is -3.17. The van der Waals surface area contributed by atoms with Gasteiger partial charge in [-0.05, 0) is 33.1 Å². The van der Waals surface area contributed by atoms with E-state index in [1.165, 1.54) is 0 Å². The summed E-state index contributed by atoms with van der Waals surface area (Å²) < 4.78 is 32.7. The topological polar surface area (TPSA) is 131 Å². The number of nitrogen functional groups attached to an aromatic ring is 1. The number of ether oxygens (including phenoxy) is 1. The highest BCUT2D eigenvalue weighted by molar-refractivity contribution is 7.90. The molecule has 182 valence electrons. The van der Waals surface area contributed by atoms with Gasteiger partial charge in [0.1, 0.15) is 5.82 Å². The first kappa shape index (κ1) is 21.9. The first-order valence-corrected chi connectivity index (χ1v) is 13.4. The summed E-state index contributed by atoms with van der Waals surface area (Å²) in [6, 6.07) is 0.149. The Kier molecular flexibility index (Phi) is 4.98. The summed E-state index contributed by atoms with van der Waals surface area (Å²) in [6.45, 7) is 7.93. The van der Waals surface area contributed by atoms with Crippen LogP contribution in [0.3, 0.4) is 0 Å². The second-order valence-corrected chi connectivity index (χ2v) is 12.2. The summed E-state index contributed by atoms with van der Waals surface area (Å²) in [5.74, 6) is 1.75. The molecule has 0 bridgehead atoms. The van der Waals surface area contributed by atoms with Gasteiger partial charge in [-0.25, -0.2) is 23.4 Å². The van der Waals surface area contributed by atoms with Gasteiger partial charge in [-0.2, -0.15) is 9.29 Å². The molecule has 2 N–H and O–H groups in total. The van der Waals surface area contributed by atoms with Gasteiger partial charge in [0.2, 0.25) is 21.9 Å². The summed E-state index contributed by atoms with van der Waals surface area (Å²) in [6.07, 6.45) is 5.75. The highest BCUT2D eigenvalue weighted by Gasteiger charge is 2.54. The SMILES string of the molecule is C[C@H]1COCCN1c1nc(-c2cnc(N)nc2)c2c(n1)N(C1(C)CN(S(=O)(=O)C3CC3)C1)CC2. The van der Waals surface area contributed by atoms with E-state index in [1.54, 1.807) is 16.7 Å². The maximum atomic E-state index is 12.7. The van der Waals surface area contributed by atoms with E-state index in [9.17, 15) is 8.42 Å². The minimum atomic E-state index is -3.17. The highest BCUT2D eigenvalue weighted by Crippen LogP contribution is 2.44. The van der Waals surface area contributed by atoms with E-state index in [0.717, 1.165) is 48.4 Å².